The lowest BCUT2D eigenvalue weighted by molar-refractivity contribution is 0.101. The number of thiophene rings is 1. The third kappa shape index (κ3) is 3.26. The molecule has 1 N–H and O–H groups in total. The zero-order valence-electron chi connectivity index (χ0n) is 13.2. The molecule has 0 spiro atoms. The van der Waals surface area contributed by atoms with Crippen molar-refractivity contribution in [2.75, 3.05) is 0 Å². The Morgan fingerprint density at radius 3 is 2.69 bits per heavy atom. The van der Waals surface area contributed by atoms with Crippen LogP contribution in [0.3, 0.4) is 0 Å². The van der Waals surface area contributed by atoms with Crippen molar-refractivity contribution in [3.05, 3.63) is 86.3 Å². The van der Waals surface area contributed by atoms with Crippen LogP contribution in [0.4, 0.5) is 0 Å². The second-order valence-corrected chi connectivity index (χ2v) is 6.99. The number of rotatable bonds is 5. The van der Waals surface area contributed by atoms with Gasteiger partial charge >= 0.3 is 5.76 Å². The summed E-state index contributed by atoms with van der Waals surface area (Å²) < 4.78 is 9.76. The zero-order valence-corrected chi connectivity index (χ0v) is 14.8. The second-order valence-electron chi connectivity index (χ2n) is 5.50. The predicted octanol–water partition coefficient (Wildman–Crippen LogP) is 4.16. The van der Waals surface area contributed by atoms with E-state index in [9.17, 15) is 9.59 Å². The number of benzene rings is 1. The first kappa shape index (κ1) is 16.6. The van der Waals surface area contributed by atoms with E-state index in [1.165, 1.54) is 17.6 Å². The number of carbonyl (C=O) groups excluding carboxylic acids is 1. The molecule has 4 aromatic rings. The van der Waals surface area contributed by atoms with E-state index < -0.39 is 5.76 Å². The average Bonchev–Trinajstić information content (AvgIpc) is 3.37. The van der Waals surface area contributed by atoms with Crippen molar-refractivity contribution in [3.63, 3.8) is 0 Å². The third-order valence-corrected chi connectivity index (χ3v) is 5.20. The fourth-order valence-electron chi connectivity index (χ4n) is 2.56. The van der Waals surface area contributed by atoms with Crippen LogP contribution in [0.2, 0.25) is 5.02 Å². The fraction of sp³-hybridized carbons (Fsp3) is 0.0556. The van der Waals surface area contributed by atoms with Crippen molar-refractivity contribution < 1.29 is 13.7 Å². The molecule has 4 rings (SSSR count). The van der Waals surface area contributed by atoms with Gasteiger partial charge in [-0.3, -0.25) is 14.3 Å². The number of aromatic nitrogens is 2. The van der Waals surface area contributed by atoms with Crippen LogP contribution in [-0.4, -0.2) is 15.9 Å². The van der Waals surface area contributed by atoms with Crippen molar-refractivity contribution in [2.24, 2.45) is 0 Å². The van der Waals surface area contributed by atoms with Crippen molar-refractivity contribution in [3.8, 4) is 10.4 Å². The maximum absolute atomic E-state index is 12.6. The molecule has 3 heterocycles. The smallest absolute Gasteiger partial charge is 0.438 e. The number of H-pyrrole nitrogens is 1. The van der Waals surface area contributed by atoms with Gasteiger partial charge in [-0.2, -0.15) is 0 Å². The number of nitrogens with zero attached hydrogens (tertiary/aromatic N) is 1. The lowest BCUT2D eigenvalue weighted by Gasteiger charge is -2.02. The molecule has 1 aromatic carbocycles. The Morgan fingerprint density at radius 1 is 1.23 bits per heavy atom. The number of carbonyl (C=O) groups is 1. The quantitative estimate of drug-likeness (QED) is 0.520. The summed E-state index contributed by atoms with van der Waals surface area (Å²) in [7, 11) is 0. The lowest BCUT2D eigenvalue weighted by atomic mass is 10.1. The van der Waals surface area contributed by atoms with Crippen LogP contribution in [0.1, 0.15) is 26.8 Å². The monoisotopic (exact) mass is 386 g/mol. The van der Waals surface area contributed by atoms with Crippen LogP contribution in [0.15, 0.2) is 62.5 Å². The normalized spacial score (nSPS) is 11.0. The van der Waals surface area contributed by atoms with Gasteiger partial charge in [0.1, 0.15) is 0 Å². The van der Waals surface area contributed by atoms with Crippen LogP contribution in [0, 0.1) is 0 Å². The number of hydrogen-bond acceptors (Lipinski definition) is 6. The molecule has 0 bridgehead atoms. The molecule has 130 valence electrons. The van der Waals surface area contributed by atoms with Crippen molar-refractivity contribution in [2.45, 2.75) is 6.42 Å². The van der Waals surface area contributed by atoms with Gasteiger partial charge in [-0.05, 0) is 41.5 Å². The molecule has 0 unspecified atom stereocenters. The van der Waals surface area contributed by atoms with E-state index in [1.807, 2.05) is 12.1 Å². The van der Waals surface area contributed by atoms with E-state index in [1.54, 1.807) is 30.3 Å². The molecule has 0 saturated carbocycles. The number of halogens is 1. The summed E-state index contributed by atoms with van der Waals surface area (Å²) in [4.78, 5) is 27.7. The third-order valence-electron chi connectivity index (χ3n) is 3.73. The first-order chi connectivity index (χ1) is 12.6. The van der Waals surface area contributed by atoms with E-state index in [0.717, 1.165) is 16.0 Å². The van der Waals surface area contributed by atoms with Gasteiger partial charge in [0.15, 0.2) is 11.6 Å². The number of nitrogens with one attached hydrogen (secondary N) is 1. The van der Waals surface area contributed by atoms with E-state index in [2.05, 4.69) is 14.7 Å². The predicted molar refractivity (Wildman–Crippen MR) is 96.8 cm³/mol. The van der Waals surface area contributed by atoms with E-state index in [0.29, 0.717) is 22.1 Å². The Balaban J connectivity index is 1.77. The highest BCUT2D eigenvalue weighted by Gasteiger charge is 2.20. The molecule has 0 aliphatic carbocycles. The molecular formula is C18H11ClN2O4S. The average molecular weight is 387 g/mol. The summed E-state index contributed by atoms with van der Waals surface area (Å²) in [6.45, 7) is 0. The fourth-order valence-corrected chi connectivity index (χ4v) is 3.82. The van der Waals surface area contributed by atoms with E-state index in [4.69, 9.17) is 16.0 Å². The molecular weight excluding hydrogens is 376 g/mol. The Kier molecular flexibility index (Phi) is 4.32. The summed E-state index contributed by atoms with van der Waals surface area (Å²) in [6, 6.07) is 12.4. The summed E-state index contributed by atoms with van der Waals surface area (Å²) >= 11 is 7.32. The van der Waals surface area contributed by atoms with Gasteiger partial charge in [-0.15, -0.1) is 11.3 Å². The molecule has 0 amide bonds. The van der Waals surface area contributed by atoms with E-state index in [-0.39, 0.29) is 11.5 Å². The highest BCUT2D eigenvalue weighted by Crippen LogP contribution is 2.35. The summed E-state index contributed by atoms with van der Waals surface area (Å²) in [5.41, 5.74) is 1.76. The minimum Gasteiger partial charge on any atom is -0.461 e. The molecule has 0 radical (unpaired) electrons. The molecule has 0 fully saturated rings. The number of hydrogen-bond donors (Lipinski definition) is 1. The number of ketones is 1. The van der Waals surface area contributed by atoms with Gasteiger partial charge < -0.3 is 4.42 Å². The molecule has 8 heteroatoms. The minimum absolute atomic E-state index is 0.199. The van der Waals surface area contributed by atoms with Crippen molar-refractivity contribution in [1.82, 2.24) is 10.1 Å². The zero-order chi connectivity index (χ0) is 18.1. The lowest BCUT2D eigenvalue weighted by Crippen LogP contribution is -1.98. The summed E-state index contributed by atoms with van der Waals surface area (Å²) in [5.74, 6) is -0.152. The van der Waals surface area contributed by atoms with Crippen molar-refractivity contribution in [1.29, 1.82) is 0 Å². The molecule has 6 nitrogen and oxygen atoms in total. The van der Waals surface area contributed by atoms with Gasteiger partial charge in [-0.1, -0.05) is 28.9 Å². The Hall–Kier alpha value is -2.90. The largest absolute Gasteiger partial charge is 0.461 e. The summed E-state index contributed by atoms with van der Waals surface area (Å²) in [5, 5.41) is 4.33. The van der Waals surface area contributed by atoms with Gasteiger partial charge in [0.25, 0.3) is 0 Å². The molecule has 0 aliphatic rings. The first-order valence-corrected chi connectivity index (χ1v) is 8.81. The SMILES string of the molecule is O=C(c1ccco1)c1cc(Cc2noc(=O)[nH]2)c(-c2ccc(Cl)cc2)s1. The van der Waals surface area contributed by atoms with Crippen LogP contribution in [0.25, 0.3) is 10.4 Å². The molecule has 26 heavy (non-hydrogen) atoms. The maximum Gasteiger partial charge on any atom is 0.438 e. The first-order valence-electron chi connectivity index (χ1n) is 7.62. The Labute approximate surface area is 156 Å². The van der Waals surface area contributed by atoms with Gasteiger partial charge in [0.05, 0.1) is 11.1 Å². The summed E-state index contributed by atoms with van der Waals surface area (Å²) in [6.07, 6.45) is 1.79. The number of furan rings is 1. The standard InChI is InChI=1S/C18H11ClN2O4S/c19-12-5-3-10(4-6-12)17-11(9-15-20-18(23)25-21-15)8-14(26-17)16(22)13-2-1-7-24-13/h1-8H,9H2,(H,20,21,23). The van der Waals surface area contributed by atoms with E-state index >= 15 is 0 Å². The molecule has 0 atom stereocenters. The number of aromatic amines is 1. The van der Waals surface area contributed by atoms with Crippen LogP contribution >= 0.6 is 22.9 Å². The van der Waals surface area contributed by atoms with Crippen molar-refractivity contribution >= 4 is 28.7 Å². The van der Waals surface area contributed by atoms with Crippen LogP contribution < -0.4 is 5.76 Å². The Morgan fingerprint density at radius 2 is 2.04 bits per heavy atom. The highest BCUT2D eigenvalue weighted by atomic mass is 35.5. The molecule has 3 aromatic heterocycles. The van der Waals surface area contributed by atoms with Gasteiger partial charge in [0.2, 0.25) is 5.78 Å². The maximum atomic E-state index is 12.6. The molecule has 0 aliphatic heterocycles. The molecule has 0 saturated heterocycles. The van der Waals surface area contributed by atoms with Gasteiger partial charge in [-0.25, -0.2) is 4.79 Å². The minimum atomic E-state index is -0.616. The topological polar surface area (TPSA) is 89.1 Å². The Bertz CT molecular complexity index is 1110. The highest BCUT2D eigenvalue weighted by molar-refractivity contribution is 7.17. The second kappa shape index (κ2) is 6.78. The van der Waals surface area contributed by atoms with Crippen LogP contribution in [0.5, 0.6) is 0 Å². The van der Waals surface area contributed by atoms with Gasteiger partial charge in [0, 0.05) is 16.3 Å². The van der Waals surface area contributed by atoms with Crippen LogP contribution in [-0.2, 0) is 6.42 Å².